The molecular weight excluding hydrogens is 968 g/mol. The first-order chi connectivity index (χ1) is 37.0. The summed E-state index contributed by atoms with van der Waals surface area (Å²) in [4.78, 5) is 68.8. The smallest absolute Gasteiger partial charge is 0.269 e. The van der Waals surface area contributed by atoms with Gasteiger partial charge in [0.2, 0.25) is 0 Å². The third-order valence-corrected chi connectivity index (χ3v) is 13.5. The molecule has 77 heavy (non-hydrogen) atoms. The van der Waals surface area contributed by atoms with Gasteiger partial charge in [-0.25, -0.2) is 14.4 Å². The van der Waals surface area contributed by atoms with Gasteiger partial charge in [-0.2, -0.15) is 5.26 Å². The van der Waals surface area contributed by atoms with Gasteiger partial charge in [-0.3, -0.25) is 39.2 Å². The van der Waals surface area contributed by atoms with Crippen molar-refractivity contribution in [3.8, 4) is 63.2 Å². The first-order valence-electron chi connectivity index (χ1n) is 25.0. The molecule has 0 aliphatic carbocycles. The summed E-state index contributed by atoms with van der Waals surface area (Å²) in [5.74, 6) is 1.85. The Balaban J connectivity index is 0.874. The van der Waals surface area contributed by atoms with Gasteiger partial charge in [-0.1, -0.05) is 30.2 Å². The number of aryl methyl sites for hydroxylation is 1. The van der Waals surface area contributed by atoms with Gasteiger partial charge in [0.05, 0.1) is 45.7 Å². The van der Waals surface area contributed by atoms with Crippen molar-refractivity contribution in [1.82, 2.24) is 40.1 Å². The lowest BCUT2D eigenvalue weighted by Crippen LogP contribution is -2.55. The normalized spacial score (nSPS) is 12.6. The molecule has 0 radical (unpaired) electrons. The van der Waals surface area contributed by atoms with E-state index in [1.54, 1.807) is 74.9 Å². The van der Waals surface area contributed by atoms with E-state index < -0.39 is 22.6 Å². The molecular formula is C61H55FN12O3. The second-order valence-corrected chi connectivity index (χ2v) is 20.0. The fourth-order valence-corrected chi connectivity index (χ4v) is 8.83. The molecule has 9 rings (SSSR count). The van der Waals surface area contributed by atoms with Crippen LogP contribution in [0.4, 0.5) is 21.6 Å². The molecule has 5 aromatic heterocycles. The van der Waals surface area contributed by atoms with Crippen LogP contribution in [0.15, 0.2) is 140 Å². The van der Waals surface area contributed by atoms with Gasteiger partial charge in [0.25, 0.3) is 17.7 Å². The lowest BCUT2D eigenvalue weighted by atomic mass is 9.89. The van der Waals surface area contributed by atoms with Crippen LogP contribution in [0.3, 0.4) is 0 Å². The van der Waals surface area contributed by atoms with Gasteiger partial charge >= 0.3 is 0 Å². The third-order valence-electron chi connectivity index (χ3n) is 13.5. The maximum absolute atomic E-state index is 15.9. The number of anilines is 3. The Bertz CT molecular complexity index is 3670. The Kier molecular flexibility index (Phi) is 15.1. The van der Waals surface area contributed by atoms with Crippen molar-refractivity contribution in [3.63, 3.8) is 0 Å². The van der Waals surface area contributed by atoms with Gasteiger partial charge < -0.3 is 21.3 Å². The predicted octanol–water partition coefficient (Wildman–Crippen LogP) is 10.1. The van der Waals surface area contributed by atoms with Gasteiger partial charge in [0.15, 0.2) is 0 Å². The van der Waals surface area contributed by atoms with Crippen molar-refractivity contribution in [2.45, 2.75) is 57.9 Å². The highest BCUT2D eigenvalue weighted by Crippen LogP contribution is 2.34. The number of carbonyl (C=O) groups is 3. The SMILES string of the molecule is C#CC(C)(C)c1cc(C(=O)Nc2ccc(F)c(-c3cc(CCN4CC(Nc5cc(-c6cccc(-c7cc(NC(=O)c8ccnc(C(C)(C)C#N)c8)ccc7C)c6)ncn5)C4)nc(-c4ccnc(C(=O)NC)c4)c3)c2)ccn1. The molecule has 8 aromatic rings. The number of benzene rings is 3. The minimum Gasteiger partial charge on any atom is -0.365 e. The number of nitrogens with zero attached hydrogens (tertiary/aromatic N) is 8. The van der Waals surface area contributed by atoms with Crippen molar-refractivity contribution in [2.75, 3.05) is 42.6 Å². The molecule has 0 spiro atoms. The van der Waals surface area contributed by atoms with Crippen molar-refractivity contribution in [2.24, 2.45) is 0 Å². The Morgan fingerprint density at radius 2 is 1.34 bits per heavy atom. The zero-order chi connectivity index (χ0) is 54.4. The number of nitrogens with one attached hydrogen (secondary N) is 4. The molecule has 4 N–H and O–H groups in total. The molecule has 384 valence electrons. The highest BCUT2D eigenvalue weighted by Gasteiger charge is 2.28. The van der Waals surface area contributed by atoms with Gasteiger partial charge in [0.1, 0.15) is 23.7 Å². The van der Waals surface area contributed by atoms with E-state index in [0.29, 0.717) is 75.2 Å². The molecule has 1 aliphatic heterocycles. The molecule has 16 heteroatoms. The van der Waals surface area contributed by atoms with Crippen molar-refractivity contribution in [3.05, 3.63) is 185 Å². The number of aromatic nitrogens is 6. The molecule has 6 heterocycles. The van der Waals surface area contributed by atoms with Crippen LogP contribution in [0.5, 0.6) is 0 Å². The lowest BCUT2D eigenvalue weighted by molar-refractivity contribution is 0.0956. The van der Waals surface area contributed by atoms with E-state index in [9.17, 15) is 19.6 Å². The fourth-order valence-electron chi connectivity index (χ4n) is 8.83. The van der Waals surface area contributed by atoms with E-state index in [-0.39, 0.29) is 29.1 Å². The summed E-state index contributed by atoms with van der Waals surface area (Å²) in [6, 6.07) is 36.1. The number of terminal acetylenes is 1. The Morgan fingerprint density at radius 1 is 0.688 bits per heavy atom. The minimum absolute atomic E-state index is 0.116. The summed E-state index contributed by atoms with van der Waals surface area (Å²) in [7, 11) is 1.53. The number of hydrogen-bond acceptors (Lipinski definition) is 12. The average Bonchev–Trinajstić information content (AvgIpc) is 3.44. The molecule has 1 saturated heterocycles. The van der Waals surface area contributed by atoms with Crippen molar-refractivity contribution in [1.29, 1.82) is 5.26 Å². The zero-order valence-corrected chi connectivity index (χ0v) is 43.4. The molecule has 0 atom stereocenters. The van der Waals surface area contributed by atoms with Crippen LogP contribution in [-0.2, 0) is 17.3 Å². The van der Waals surface area contributed by atoms with E-state index in [1.165, 1.54) is 31.6 Å². The summed E-state index contributed by atoms with van der Waals surface area (Å²) in [5.41, 5.74) is 8.78. The van der Waals surface area contributed by atoms with Crippen molar-refractivity contribution >= 4 is 34.9 Å². The van der Waals surface area contributed by atoms with Crippen LogP contribution in [0, 0.1) is 36.4 Å². The highest BCUT2D eigenvalue weighted by atomic mass is 19.1. The molecule has 1 fully saturated rings. The number of carbonyl (C=O) groups excluding carboxylic acids is 3. The van der Waals surface area contributed by atoms with Crippen LogP contribution in [0.2, 0.25) is 0 Å². The monoisotopic (exact) mass is 1020 g/mol. The Morgan fingerprint density at radius 3 is 2.03 bits per heavy atom. The molecule has 0 saturated carbocycles. The Hall–Kier alpha value is -9.51. The molecule has 1 aliphatic rings. The van der Waals surface area contributed by atoms with Crippen LogP contribution in [0.1, 0.15) is 81.5 Å². The summed E-state index contributed by atoms with van der Waals surface area (Å²) >= 11 is 0. The number of likely N-dealkylation sites (tertiary alicyclic amines) is 1. The van der Waals surface area contributed by atoms with Crippen LogP contribution >= 0.6 is 0 Å². The van der Waals surface area contributed by atoms with Gasteiger partial charge in [-0.05, 0) is 142 Å². The Labute approximate surface area is 446 Å². The first-order valence-corrected chi connectivity index (χ1v) is 25.0. The van der Waals surface area contributed by atoms with Crippen LogP contribution in [-0.4, -0.2) is 85.2 Å². The van der Waals surface area contributed by atoms with Gasteiger partial charge in [-0.15, -0.1) is 6.42 Å². The highest BCUT2D eigenvalue weighted by molar-refractivity contribution is 6.05. The predicted molar refractivity (Wildman–Crippen MR) is 296 cm³/mol. The second-order valence-electron chi connectivity index (χ2n) is 20.0. The maximum atomic E-state index is 15.9. The van der Waals surface area contributed by atoms with E-state index in [1.807, 2.05) is 69.3 Å². The number of halogens is 1. The first kappa shape index (κ1) is 52.4. The second kappa shape index (κ2) is 22.1. The standard InChI is InChI=1S/C61H55FN12O3/c1-8-60(3,4)54-28-41(17-21-66-54)57(75)73-45-14-15-50(62)49(31-45)43-25-46(70-52(27-43)40-16-20-65-53(26-40)59(77)64-7)19-23-74-33-47(34-74)71-56-32-51(68-36-69-56)39-11-9-10-38(24-39)48-30-44(13-12-37(48)2)72-58(76)42-18-22-67-55(29-42)61(5,6)35-63/h1,9-18,20-22,24-32,36,47H,19,23,33-34H2,2-7H3,(H,64,77)(H,72,76)(H,73,75)(H,68,69,71). The molecule has 3 amide bonds. The number of nitriles is 1. The topological polar surface area (TPSA) is 204 Å². The number of rotatable bonds is 16. The van der Waals surface area contributed by atoms with E-state index in [4.69, 9.17) is 11.4 Å². The fraction of sp³-hybridized carbons (Fsp3) is 0.213. The summed E-state index contributed by atoms with van der Waals surface area (Å²) in [5, 5.41) is 21.7. The van der Waals surface area contributed by atoms with E-state index in [2.05, 4.69) is 69.1 Å². The molecule has 0 unspecified atom stereocenters. The number of pyridine rings is 4. The van der Waals surface area contributed by atoms with Gasteiger partial charge in [0, 0.05) is 103 Å². The molecule has 0 bridgehead atoms. The molecule has 15 nitrogen and oxygen atoms in total. The largest absolute Gasteiger partial charge is 0.365 e. The average molecular weight is 1020 g/mol. The van der Waals surface area contributed by atoms with Crippen molar-refractivity contribution < 1.29 is 18.8 Å². The zero-order valence-electron chi connectivity index (χ0n) is 43.4. The van der Waals surface area contributed by atoms with Crippen LogP contribution in [0.25, 0.3) is 44.8 Å². The molecule has 3 aromatic carbocycles. The maximum Gasteiger partial charge on any atom is 0.269 e. The van der Waals surface area contributed by atoms with E-state index >= 15 is 4.39 Å². The van der Waals surface area contributed by atoms with Crippen LogP contribution < -0.4 is 21.3 Å². The summed E-state index contributed by atoms with van der Waals surface area (Å²) < 4.78 is 15.9. The minimum atomic E-state index is -0.841. The quantitative estimate of drug-likeness (QED) is 0.0668. The number of amides is 3. The summed E-state index contributed by atoms with van der Waals surface area (Å²) in [6.45, 7) is 11.4. The summed E-state index contributed by atoms with van der Waals surface area (Å²) in [6.07, 6.45) is 12.4. The lowest BCUT2D eigenvalue weighted by Gasteiger charge is -2.39. The third kappa shape index (κ3) is 12.0. The van der Waals surface area contributed by atoms with E-state index in [0.717, 1.165) is 41.0 Å². The number of hydrogen-bond donors (Lipinski definition) is 4.